The number of hydrogen-bond acceptors (Lipinski definition) is 3. The van der Waals surface area contributed by atoms with Gasteiger partial charge in [0.15, 0.2) is 9.84 Å². The highest BCUT2D eigenvalue weighted by Crippen LogP contribution is 2.49. The van der Waals surface area contributed by atoms with Crippen LogP contribution in [0.2, 0.25) is 0 Å². The van der Waals surface area contributed by atoms with Crippen LogP contribution in [0, 0.1) is 12.6 Å². The lowest BCUT2D eigenvalue weighted by Gasteiger charge is -2.39. The van der Waals surface area contributed by atoms with Crippen molar-refractivity contribution >= 4 is 55.0 Å². The van der Waals surface area contributed by atoms with E-state index in [0.717, 1.165) is 31.1 Å². The van der Waals surface area contributed by atoms with E-state index in [2.05, 4.69) is 58.2 Å². The van der Waals surface area contributed by atoms with Gasteiger partial charge in [-0.3, -0.25) is 0 Å². The summed E-state index contributed by atoms with van der Waals surface area (Å²) < 4.78 is 28.9. The zero-order chi connectivity index (χ0) is 20.5. The van der Waals surface area contributed by atoms with Gasteiger partial charge in [0.05, 0.1) is 16.8 Å². The molecule has 1 heterocycles. The molecule has 3 atom stereocenters. The minimum atomic E-state index is -3.49. The number of unbranched alkanes of at least 4 members (excludes halogenated alkanes) is 1. The number of sulfone groups is 1. The SMILES string of the molecule is CCCC[C@]1(CC)CS(=O)(=O)c2ccccc2[C@@H](c2ccc(I)cc2I)C1O. The smallest absolute Gasteiger partial charge is 0.179 e. The average Bonchev–Trinajstić information content (AvgIpc) is 2.73. The van der Waals surface area contributed by atoms with Gasteiger partial charge in [0.1, 0.15) is 0 Å². The van der Waals surface area contributed by atoms with E-state index in [1.807, 2.05) is 31.2 Å². The molecule has 152 valence electrons. The van der Waals surface area contributed by atoms with Crippen LogP contribution in [0.5, 0.6) is 0 Å². The van der Waals surface area contributed by atoms with Crippen LogP contribution in [0.1, 0.15) is 56.6 Å². The van der Waals surface area contributed by atoms with Crippen molar-refractivity contribution in [1.82, 2.24) is 0 Å². The summed E-state index contributed by atoms with van der Waals surface area (Å²) in [4.78, 5) is 0.375. The molecule has 0 radical (unpaired) electrons. The Morgan fingerprint density at radius 2 is 1.82 bits per heavy atom. The lowest BCUT2D eigenvalue weighted by atomic mass is 9.69. The van der Waals surface area contributed by atoms with Crippen LogP contribution in [-0.2, 0) is 9.84 Å². The van der Waals surface area contributed by atoms with E-state index in [1.165, 1.54) is 0 Å². The van der Waals surface area contributed by atoms with E-state index in [9.17, 15) is 13.5 Å². The Hall–Kier alpha value is -0.190. The summed E-state index contributed by atoms with van der Waals surface area (Å²) in [6.45, 7) is 4.12. The van der Waals surface area contributed by atoms with Crippen molar-refractivity contribution in [3.05, 3.63) is 60.7 Å². The normalized spacial score (nSPS) is 26.5. The topological polar surface area (TPSA) is 54.4 Å². The van der Waals surface area contributed by atoms with Gasteiger partial charge in [0, 0.05) is 18.5 Å². The van der Waals surface area contributed by atoms with E-state index in [1.54, 1.807) is 12.1 Å². The summed E-state index contributed by atoms with van der Waals surface area (Å²) >= 11 is 4.59. The maximum Gasteiger partial charge on any atom is 0.179 e. The lowest BCUT2D eigenvalue weighted by Crippen LogP contribution is -2.42. The Morgan fingerprint density at radius 1 is 1.11 bits per heavy atom. The molecule has 0 saturated heterocycles. The van der Waals surface area contributed by atoms with Gasteiger partial charge < -0.3 is 5.11 Å². The van der Waals surface area contributed by atoms with Crippen LogP contribution in [0.3, 0.4) is 0 Å². The first-order chi connectivity index (χ1) is 13.3. The molecule has 2 aromatic carbocycles. The molecule has 1 N–H and O–H groups in total. The number of fused-ring (bicyclic) bond motifs is 1. The number of halogens is 2. The third kappa shape index (κ3) is 4.16. The van der Waals surface area contributed by atoms with Gasteiger partial charge in [0.25, 0.3) is 0 Å². The highest BCUT2D eigenvalue weighted by atomic mass is 127. The molecule has 0 spiro atoms. The molecule has 1 aliphatic rings. The number of rotatable bonds is 5. The summed E-state index contributed by atoms with van der Waals surface area (Å²) in [6, 6.07) is 13.4. The second kappa shape index (κ2) is 8.89. The number of benzene rings is 2. The molecule has 0 amide bonds. The van der Waals surface area contributed by atoms with Gasteiger partial charge in [-0.1, -0.05) is 51.0 Å². The van der Waals surface area contributed by atoms with Gasteiger partial charge in [-0.05, 0) is 87.3 Å². The number of hydrogen-bond donors (Lipinski definition) is 1. The average molecular weight is 624 g/mol. The van der Waals surface area contributed by atoms with Crippen molar-refractivity contribution in [2.24, 2.45) is 5.41 Å². The number of aliphatic hydroxyl groups is 1. The fourth-order valence-electron chi connectivity index (χ4n) is 4.41. The first-order valence-electron chi connectivity index (χ1n) is 9.70. The second-order valence-electron chi connectivity index (χ2n) is 7.70. The molecule has 0 aliphatic carbocycles. The molecule has 3 nitrogen and oxygen atoms in total. The molecule has 0 saturated carbocycles. The van der Waals surface area contributed by atoms with Gasteiger partial charge in [-0.2, -0.15) is 0 Å². The quantitative estimate of drug-likeness (QED) is 0.431. The Bertz CT molecular complexity index is 958. The van der Waals surface area contributed by atoms with Gasteiger partial charge in [-0.15, -0.1) is 0 Å². The van der Waals surface area contributed by atoms with Crippen molar-refractivity contribution in [1.29, 1.82) is 0 Å². The van der Waals surface area contributed by atoms with Crippen LogP contribution in [0.15, 0.2) is 47.4 Å². The van der Waals surface area contributed by atoms with E-state index in [0.29, 0.717) is 17.7 Å². The molecule has 28 heavy (non-hydrogen) atoms. The van der Waals surface area contributed by atoms with Crippen molar-refractivity contribution in [2.45, 2.75) is 56.4 Å². The summed E-state index contributed by atoms with van der Waals surface area (Å²) in [7, 11) is -3.49. The van der Waals surface area contributed by atoms with Crippen molar-refractivity contribution in [3.8, 4) is 0 Å². The molecule has 1 aliphatic heterocycles. The molecule has 0 bridgehead atoms. The number of aliphatic hydroxyl groups excluding tert-OH is 1. The fourth-order valence-corrected chi connectivity index (χ4v) is 8.62. The molecular weight excluding hydrogens is 598 g/mol. The summed E-state index contributed by atoms with van der Waals surface area (Å²) in [6.07, 6.45) is 2.49. The van der Waals surface area contributed by atoms with Crippen LogP contribution in [0.25, 0.3) is 0 Å². The first kappa shape index (κ1) is 22.5. The monoisotopic (exact) mass is 624 g/mol. The van der Waals surface area contributed by atoms with E-state index in [4.69, 9.17) is 0 Å². The molecular formula is C22H26I2O3S. The minimum Gasteiger partial charge on any atom is -0.392 e. The summed E-state index contributed by atoms with van der Waals surface area (Å²) in [5.74, 6) is -0.347. The van der Waals surface area contributed by atoms with Crippen molar-refractivity contribution in [2.75, 3.05) is 5.75 Å². The first-order valence-corrected chi connectivity index (χ1v) is 13.5. The maximum atomic E-state index is 13.4. The molecule has 0 fully saturated rings. The van der Waals surface area contributed by atoms with Crippen molar-refractivity contribution in [3.63, 3.8) is 0 Å². The molecule has 3 rings (SSSR count). The predicted octanol–water partition coefficient (Wildman–Crippen LogP) is 5.76. The Morgan fingerprint density at radius 3 is 2.46 bits per heavy atom. The van der Waals surface area contributed by atoms with Crippen LogP contribution < -0.4 is 0 Å². The third-order valence-electron chi connectivity index (χ3n) is 6.04. The third-order valence-corrected chi connectivity index (χ3v) is 9.64. The maximum absolute atomic E-state index is 13.4. The van der Waals surface area contributed by atoms with E-state index >= 15 is 0 Å². The molecule has 2 aromatic rings. The predicted molar refractivity (Wildman–Crippen MR) is 130 cm³/mol. The Kier molecular flexibility index (Phi) is 7.15. The second-order valence-corrected chi connectivity index (χ2v) is 12.1. The molecule has 6 heteroatoms. The highest BCUT2D eigenvalue weighted by molar-refractivity contribution is 14.1. The van der Waals surface area contributed by atoms with Gasteiger partial charge in [0.2, 0.25) is 0 Å². The van der Waals surface area contributed by atoms with Crippen molar-refractivity contribution < 1.29 is 13.5 Å². The van der Waals surface area contributed by atoms with Crippen LogP contribution in [-0.4, -0.2) is 25.4 Å². The van der Waals surface area contributed by atoms with Gasteiger partial charge in [-0.25, -0.2) is 8.42 Å². The minimum absolute atomic E-state index is 0.00608. The standard InChI is InChI=1S/C22H26I2O3S/c1-3-5-12-22(4-2)14-28(26,27)19-9-7-6-8-17(19)20(21(22)25)16-11-10-15(23)13-18(16)24/h6-11,13,20-21,25H,3-5,12,14H2,1-2H3/t20-,21?,22-/m1/s1. The Labute approximate surface area is 195 Å². The fraction of sp³-hybridized carbons (Fsp3) is 0.455. The van der Waals surface area contributed by atoms with E-state index in [-0.39, 0.29) is 11.7 Å². The zero-order valence-corrected chi connectivity index (χ0v) is 21.3. The van der Waals surface area contributed by atoms with Crippen LogP contribution in [0.4, 0.5) is 0 Å². The lowest BCUT2D eigenvalue weighted by molar-refractivity contribution is 0.0172. The molecule has 1 unspecified atom stereocenters. The largest absolute Gasteiger partial charge is 0.392 e. The van der Waals surface area contributed by atoms with Gasteiger partial charge >= 0.3 is 0 Å². The Balaban J connectivity index is 2.29. The zero-order valence-electron chi connectivity index (χ0n) is 16.2. The van der Waals surface area contributed by atoms with E-state index < -0.39 is 21.4 Å². The summed E-state index contributed by atoms with van der Waals surface area (Å²) in [5.41, 5.74) is 1.08. The molecule has 0 aromatic heterocycles. The summed E-state index contributed by atoms with van der Waals surface area (Å²) in [5, 5.41) is 11.7. The van der Waals surface area contributed by atoms with Crippen LogP contribution >= 0.6 is 45.2 Å². The highest BCUT2D eigenvalue weighted by Gasteiger charge is 2.49.